The summed E-state index contributed by atoms with van der Waals surface area (Å²) >= 11 is 1.79. The Morgan fingerprint density at radius 3 is 2.40 bits per heavy atom. The van der Waals surface area contributed by atoms with Crippen molar-refractivity contribution in [2.75, 3.05) is 0 Å². The molecule has 0 heterocycles. The van der Waals surface area contributed by atoms with Crippen molar-refractivity contribution in [2.24, 2.45) is 0 Å². The Balaban J connectivity index is 2.43. The van der Waals surface area contributed by atoms with Crippen molar-refractivity contribution in [2.45, 2.75) is 38.1 Å². The van der Waals surface area contributed by atoms with Crippen LogP contribution in [0, 0.1) is 0 Å². The monoisotopic (exact) mass is 253 g/mol. The van der Waals surface area contributed by atoms with Crippen LogP contribution >= 0.6 is 22.6 Å². The SMILES string of the molecule is CC1(NC(=O)I)CCCC1. The minimum atomic E-state index is 0.0713. The summed E-state index contributed by atoms with van der Waals surface area (Å²) in [7, 11) is 0. The Labute approximate surface area is 74.9 Å². The lowest BCUT2D eigenvalue weighted by atomic mass is 10.0. The number of amides is 1. The highest BCUT2D eigenvalue weighted by molar-refractivity contribution is 14.1. The number of halogens is 1. The van der Waals surface area contributed by atoms with Crippen molar-refractivity contribution >= 4 is 26.5 Å². The van der Waals surface area contributed by atoms with Crippen LogP contribution in [0.5, 0.6) is 0 Å². The fourth-order valence-electron chi connectivity index (χ4n) is 1.52. The molecule has 0 atom stereocenters. The van der Waals surface area contributed by atoms with E-state index >= 15 is 0 Å². The fraction of sp³-hybridized carbons (Fsp3) is 0.857. The van der Waals surface area contributed by atoms with Gasteiger partial charge in [0.05, 0.1) is 0 Å². The maximum absolute atomic E-state index is 10.7. The molecule has 1 amide bonds. The van der Waals surface area contributed by atoms with Gasteiger partial charge in [0.25, 0.3) is 3.91 Å². The molecule has 0 radical (unpaired) electrons. The second-order valence-electron chi connectivity index (χ2n) is 3.17. The zero-order valence-corrected chi connectivity index (χ0v) is 8.27. The largest absolute Gasteiger partial charge is 0.342 e. The highest BCUT2D eigenvalue weighted by atomic mass is 127. The molecule has 2 nitrogen and oxygen atoms in total. The lowest BCUT2D eigenvalue weighted by Crippen LogP contribution is -2.40. The maximum Gasteiger partial charge on any atom is 0.281 e. The van der Waals surface area contributed by atoms with Gasteiger partial charge in [0.1, 0.15) is 0 Å². The summed E-state index contributed by atoms with van der Waals surface area (Å²) in [6.07, 6.45) is 4.80. The minimum absolute atomic E-state index is 0.0713. The number of nitrogens with one attached hydrogen (secondary N) is 1. The standard InChI is InChI=1S/C7H12INO/c1-7(9-6(8)10)4-2-3-5-7/h2-5H2,1H3,(H,9,10). The molecule has 0 saturated heterocycles. The average molecular weight is 253 g/mol. The van der Waals surface area contributed by atoms with Gasteiger partial charge >= 0.3 is 0 Å². The lowest BCUT2D eigenvalue weighted by molar-refractivity contribution is 0.251. The summed E-state index contributed by atoms with van der Waals surface area (Å²) in [4.78, 5) is 10.7. The molecule has 58 valence electrons. The van der Waals surface area contributed by atoms with Crippen LogP contribution in [0.4, 0.5) is 4.79 Å². The second-order valence-corrected chi connectivity index (χ2v) is 4.15. The third kappa shape index (κ3) is 2.11. The van der Waals surface area contributed by atoms with Crippen molar-refractivity contribution in [1.82, 2.24) is 5.32 Å². The molecule has 1 fully saturated rings. The zero-order chi connectivity index (χ0) is 7.61. The topological polar surface area (TPSA) is 29.1 Å². The van der Waals surface area contributed by atoms with Gasteiger partial charge in [-0.05, 0) is 19.8 Å². The van der Waals surface area contributed by atoms with Crippen molar-refractivity contribution in [1.29, 1.82) is 0 Å². The Bertz CT molecular complexity index is 141. The van der Waals surface area contributed by atoms with Gasteiger partial charge in [-0.1, -0.05) is 12.8 Å². The molecular formula is C7H12INO. The van der Waals surface area contributed by atoms with Crippen molar-refractivity contribution in [3.63, 3.8) is 0 Å². The van der Waals surface area contributed by atoms with Crippen LogP contribution in [0.3, 0.4) is 0 Å². The van der Waals surface area contributed by atoms with Gasteiger partial charge in [-0.2, -0.15) is 0 Å². The summed E-state index contributed by atoms with van der Waals surface area (Å²) < 4.78 is 0.0713. The van der Waals surface area contributed by atoms with E-state index in [1.165, 1.54) is 12.8 Å². The molecule has 0 aromatic rings. The molecule has 0 unspecified atom stereocenters. The predicted octanol–water partition coefficient (Wildman–Crippen LogP) is 2.46. The zero-order valence-electron chi connectivity index (χ0n) is 6.11. The molecule has 3 heteroatoms. The van der Waals surface area contributed by atoms with Crippen molar-refractivity contribution < 1.29 is 4.79 Å². The Morgan fingerprint density at radius 1 is 1.50 bits per heavy atom. The van der Waals surface area contributed by atoms with E-state index in [2.05, 4.69) is 12.2 Å². The second kappa shape index (κ2) is 3.07. The molecule has 1 saturated carbocycles. The first-order valence-electron chi connectivity index (χ1n) is 3.60. The molecule has 1 rings (SSSR count). The molecule has 10 heavy (non-hydrogen) atoms. The molecule has 0 aliphatic heterocycles. The summed E-state index contributed by atoms with van der Waals surface area (Å²) in [5.74, 6) is 0. The van der Waals surface area contributed by atoms with E-state index in [9.17, 15) is 4.79 Å². The Hall–Kier alpha value is 0.200. The van der Waals surface area contributed by atoms with Gasteiger partial charge in [0.2, 0.25) is 0 Å². The van der Waals surface area contributed by atoms with Crippen LogP contribution in [0.15, 0.2) is 0 Å². The third-order valence-corrected chi connectivity index (χ3v) is 2.38. The number of hydrogen-bond acceptors (Lipinski definition) is 1. The van der Waals surface area contributed by atoms with E-state index in [-0.39, 0.29) is 9.45 Å². The van der Waals surface area contributed by atoms with E-state index in [0.29, 0.717) is 0 Å². The van der Waals surface area contributed by atoms with E-state index in [4.69, 9.17) is 0 Å². The lowest BCUT2D eigenvalue weighted by Gasteiger charge is -2.23. The molecule has 0 aromatic heterocycles. The highest BCUT2D eigenvalue weighted by Gasteiger charge is 2.29. The number of hydrogen-bond donors (Lipinski definition) is 1. The summed E-state index contributed by atoms with van der Waals surface area (Å²) in [6, 6.07) is 0. The Kier molecular flexibility index (Phi) is 2.55. The van der Waals surface area contributed by atoms with E-state index < -0.39 is 0 Å². The first kappa shape index (κ1) is 8.30. The van der Waals surface area contributed by atoms with Gasteiger partial charge in [0.15, 0.2) is 0 Å². The van der Waals surface area contributed by atoms with Crippen LogP contribution in [-0.4, -0.2) is 9.45 Å². The summed E-state index contributed by atoms with van der Waals surface area (Å²) in [5, 5.41) is 2.97. The Morgan fingerprint density at radius 2 is 2.00 bits per heavy atom. The smallest absolute Gasteiger partial charge is 0.281 e. The minimum Gasteiger partial charge on any atom is -0.342 e. The number of carbonyl (C=O) groups is 1. The molecule has 1 aliphatic carbocycles. The van der Waals surface area contributed by atoms with Crippen LogP contribution in [0.1, 0.15) is 32.6 Å². The first-order valence-corrected chi connectivity index (χ1v) is 4.68. The van der Waals surface area contributed by atoms with Gasteiger partial charge in [-0.25, -0.2) is 0 Å². The van der Waals surface area contributed by atoms with Crippen LogP contribution in [-0.2, 0) is 0 Å². The van der Waals surface area contributed by atoms with Gasteiger partial charge in [-0.3, -0.25) is 4.79 Å². The molecular weight excluding hydrogens is 241 g/mol. The van der Waals surface area contributed by atoms with Gasteiger partial charge in [-0.15, -0.1) is 0 Å². The molecule has 0 aromatic carbocycles. The fourth-order valence-corrected chi connectivity index (χ4v) is 2.17. The summed E-state index contributed by atoms with van der Waals surface area (Å²) in [5.41, 5.74) is 0.109. The molecule has 0 bridgehead atoms. The highest BCUT2D eigenvalue weighted by Crippen LogP contribution is 2.29. The quantitative estimate of drug-likeness (QED) is 0.434. The van der Waals surface area contributed by atoms with Crippen molar-refractivity contribution in [3.05, 3.63) is 0 Å². The van der Waals surface area contributed by atoms with Crippen LogP contribution < -0.4 is 5.32 Å². The normalized spacial score (nSPS) is 22.6. The third-order valence-electron chi connectivity index (χ3n) is 2.11. The molecule has 0 spiro atoms. The van der Waals surface area contributed by atoms with Crippen LogP contribution in [0.2, 0.25) is 0 Å². The van der Waals surface area contributed by atoms with E-state index in [1.807, 2.05) is 0 Å². The average Bonchev–Trinajstić information content (AvgIpc) is 2.12. The van der Waals surface area contributed by atoms with E-state index in [1.54, 1.807) is 22.6 Å². The van der Waals surface area contributed by atoms with Crippen LogP contribution in [0.25, 0.3) is 0 Å². The van der Waals surface area contributed by atoms with E-state index in [0.717, 1.165) is 12.8 Å². The maximum atomic E-state index is 10.7. The van der Waals surface area contributed by atoms with Gasteiger partial charge in [0, 0.05) is 28.1 Å². The molecule has 1 N–H and O–H groups in total. The summed E-state index contributed by atoms with van der Waals surface area (Å²) in [6.45, 7) is 2.12. The predicted molar refractivity (Wildman–Crippen MR) is 49.4 cm³/mol. The van der Waals surface area contributed by atoms with Crippen molar-refractivity contribution in [3.8, 4) is 0 Å². The number of carbonyl (C=O) groups excluding carboxylic acids is 1. The van der Waals surface area contributed by atoms with Gasteiger partial charge < -0.3 is 5.32 Å². The number of rotatable bonds is 1. The molecule has 1 aliphatic rings. The first-order chi connectivity index (χ1) is 4.62.